The van der Waals surface area contributed by atoms with Crippen molar-refractivity contribution in [3.8, 4) is 0 Å². The first kappa shape index (κ1) is 19.2. The Morgan fingerprint density at radius 1 is 1.42 bits per heavy atom. The Kier molecular flexibility index (Phi) is 6.91. The first-order valence-electron chi connectivity index (χ1n) is 9.28. The lowest BCUT2D eigenvalue weighted by atomic mass is 10.2. The van der Waals surface area contributed by atoms with Crippen LogP contribution in [0.2, 0.25) is 4.34 Å². The van der Waals surface area contributed by atoms with Crippen LogP contribution in [-0.4, -0.2) is 45.3 Å². The zero-order valence-electron chi connectivity index (χ0n) is 15.5. The predicted molar refractivity (Wildman–Crippen MR) is 108 cm³/mol. The number of thiophene rings is 1. The first-order valence-corrected chi connectivity index (χ1v) is 10.5. The van der Waals surface area contributed by atoms with Crippen molar-refractivity contribution < 1.29 is 0 Å². The fraction of sp³-hybridized carbons (Fsp3) is 0.611. The molecule has 2 heterocycles. The van der Waals surface area contributed by atoms with Crippen LogP contribution in [0.15, 0.2) is 23.5 Å². The van der Waals surface area contributed by atoms with Crippen LogP contribution >= 0.6 is 22.9 Å². The summed E-state index contributed by atoms with van der Waals surface area (Å²) in [6.45, 7) is 4.40. The molecule has 2 aromatic heterocycles. The van der Waals surface area contributed by atoms with Gasteiger partial charge in [-0.1, -0.05) is 31.4 Å². The summed E-state index contributed by atoms with van der Waals surface area (Å²) in [5, 5.41) is 11.8. The van der Waals surface area contributed by atoms with Gasteiger partial charge in [0.15, 0.2) is 5.96 Å². The summed E-state index contributed by atoms with van der Waals surface area (Å²) in [6.07, 6.45) is 7.73. The van der Waals surface area contributed by atoms with E-state index in [0.717, 1.165) is 35.6 Å². The highest BCUT2D eigenvalue weighted by molar-refractivity contribution is 7.16. The third-order valence-corrected chi connectivity index (χ3v) is 5.90. The van der Waals surface area contributed by atoms with E-state index in [1.165, 1.54) is 30.6 Å². The van der Waals surface area contributed by atoms with Crippen LogP contribution in [-0.2, 0) is 19.5 Å². The smallest absolute Gasteiger partial charge is 0.194 e. The molecule has 0 aliphatic heterocycles. The number of hydrogen-bond acceptors (Lipinski definition) is 4. The van der Waals surface area contributed by atoms with Crippen LogP contribution in [0.4, 0.5) is 0 Å². The Hall–Kier alpha value is -1.60. The van der Waals surface area contributed by atoms with Crippen LogP contribution in [0.5, 0.6) is 0 Å². The average molecular weight is 395 g/mol. The third-order valence-electron chi connectivity index (χ3n) is 4.69. The largest absolute Gasteiger partial charge is 0.354 e. The molecule has 1 aliphatic carbocycles. The first-order chi connectivity index (χ1) is 12.7. The highest BCUT2D eigenvalue weighted by Crippen LogP contribution is 2.23. The van der Waals surface area contributed by atoms with E-state index in [-0.39, 0.29) is 0 Å². The minimum atomic E-state index is 0.532. The maximum absolute atomic E-state index is 6.07. The zero-order valence-corrected chi connectivity index (χ0v) is 17.1. The standard InChI is InChI=1S/C18H27ClN6S/c1-3-17-23-21-13-25(17)11-10-20-18(22-14-6-4-5-7-14)24(2)12-15-8-9-16(19)26-15/h8-9,13-14H,3-7,10-12H2,1-2H3,(H,20,22). The second-order valence-electron chi connectivity index (χ2n) is 6.69. The van der Waals surface area contributed by atoms with Crippen molar-refractivity contribution in [1.29, 1.82) is 0 Å². The number of halogens is 1. The second kappa shape index (κ2) is 9.37. The number of nitrogens with zero attached hydrogens (tertiary/aromatic N) is 5. The maximum atomic E-state index is 6.07. The highest BCUT2D eigenvalue weighted by Gasteiger charge is 2.18. The van der Waals surface area contributed by atoms with Gasteiger partial charge >= 0.3 is 0 Å². The van der Waals surface area contributed by atoms with Gasteiger partial charge in [0.05, 0.1) is 17.4 Å². The van der Waals surface area contributed by atoms with E-state index in [1.54, 1.807) is 17.7 Å². The second-order valence-corrected chi connectivity index (χ2v) is 8.49. The van der Waals surface area contributed by atoms with Gasteiger partial charge < -0.3 is 14.8 Å². The van der Waals surface area contributed by atoms with Crippen LogP contribution < -0.4 is 5.32 Å². The Morgan fingerprint density at radius 3 is 2.92 bits per heavy atom. The molecule has 0 bridgehead atoms. The lowest BCUT2D eigenvalue weighted by molar-refractivity contribution is 0.459. The Labute approximate surface area is 164 Å². The number of rotatable bonds is 7. The third kappa shape index (κ3) is 5.20. The van der Waals surface area contributed by atoms with Gasteiger partial charge in [0.25, 0.3) is 0 Å². The summed E-state index contributed by atoms with van der Waals surface area (Å²) in [5.74, 6) is 1.97. The van der Waals surface area contributed by atoms with Gasteiger partial charge in [0, 0.05) is 30.9 Å². The average Bonchev–Trinajstić information content (AvgIpc) is 3.36. The fourth-order valence-corrected chi connectivity index (χ4v) is 4.42. The molecule has 6 nitrogen and oxygen atoms in total. The molecule has 0 amide bonds. The number of hydrogen-bond donors (Lipinski definition) is 1. The van der Waals surface area contributed by atoms with Gasteiger partial charge in [-0.2, -0.15) is 0 Å². The molecule has 0 unspecified atom stereocenters. The van der Waals surface area contributed by atoms with E-state index < -0.39 is 0 Å². The van der Waals surface area contributed by atoms with Gasteiger partial charge in [-0.3, -0.25) is 4.99 Å². The molecule has 1 aliphatic rings. The van der Waals surface area contributed by atoms with E-state index >= 15 is 0 Å². The van der Waals surface area contributed by atoms with Crippen molar-refractivity contribution in [2.45, 2.75) is 58.2 Å². The molecule has 1 N–H and O–H groups in total. The van der Waals surface area contributed by atoms with E-state index in [1.807, 2.05) is 6.07 Å². The molecule has 142 valence electrons. The monoisotopic (exact) mass is 394 g/mol. The summed E-state index contributed by atoms with van der Waals surface area (Å²) in [4.78, 5) is 8.30. The lowest BCUT2D eigenvalue weighted by Crippen LogP contribution is -2.43. The SMILES string of the molecule is CCc1nncn1CCN=C(NC1CCCC1)N(C)Cc1ccc(Cl)s1. The van der Waals surface area contributed by atoms with Crippen molar-refractivity contribution in [3.63, 3.8) is 0 Å². The molecule has 3 rings (SSSR count). The fourth-order valence-electron chi connectivity index (χ4n) is 3.28. The molecular formula is C18H27ClN6S. The number of aromatic nitrogens is 3. The van der Waals surface area contributed by atoms with Gasteiger partial charge in [0.1, 0.15) is 12.2 Å². The molecule has 1 saturated carbocycles. The van der Waals surface area contributed by atoms with Crippen molar-refractivity contribution in [3.05, 3.63) is 33.5 Å². The highest BCUT2D eigenvalue weighted by atomic mass is 35.5. The minimum absolute atomic E-state index is 0.532. The van der Waals surface area contributed by atoms with E-state index in [0.29, 0.717) is 12.6 Å². The normalized spacial score (nSPS) is 15.6. The number of guanidine groups is 1. The summed E-state index contributed by atoms with van der Waals surface area (Å²) >= 11 is 7.69. The molecular weight excluding hydrogens is 368 g/mol. The molecule has 2 aromatic rings. The molecule has 0 saturated heterocycles. The van der Waals surface area contributed by atoms with Crippen molar-refractivity contribution in [1.82, 2.24) is 25.0 Å². The van der Waals surface area contributed by atoms with Gasteiger partial charge in [-0.15, -0.1) is 21.5 Å². The number of aryl methyl sites for hydroxylation is 1. The van der Waals surface area contributed by atoms with Gasteiger partial charge in [0.2, 0.25) is 0 Å². The Morgan fingerprint density at radius 2 is 2.23 bits per heavy atom. The van der Waals surface area contributed by atoms with Crippen LogP contribution in [0, 0.1) is 0 Å². The molecule has 26 heavy (non-hydrogen) atoms. The Balaban J connectivity index is 1.64. The summed E-state index contributed by atoms with van der Waals surface area (Å²) < 4.78 is 2.91. The molecule has 8 heteroatoms. The Bertz CT molecular complexity index is 719. The zero-order chi connectivity index (χ0) is 18.4. The minimum Gasteiger partial charge on any atom is -0.354 e. The van der Waals surface area contributed by atoms with E-state index in [2.05, 4.69) is 45.0 Å². The maximum Gasteiger partial charge on any atom is 0.194 e. The van der Waals surface area contributed by atoms with Crippen molar-refractivity contribution in [2.24, 2.45) is 4.99 Å². The molecule has 0 atom stereocenters. The van der Waals surface area contributed by atoms with Crippen LogP contribution in [0.3, 0.4) is 0 Å². The number of aliphatic imine (C=N–C) groups is 1. The van der Waals surface area contributed by atoms with Crippen LogP contribution in [0.1, 0.15) is 43.3 Å². The van der Waals surface area contributed by atoms with Gasteiger partial charge in [-0.05, 0) is 25.0 Å². The molecule has 0 spiro atoms. The van der Waals surface area contributed by atoms with Crippen molar-refractivity contribution >= 4 is 28.9 Å². The quantitative estimate of drug-likeness (QED) is 0.576. The van der Waals surface area contributed by atoms with Gasteiger partial charge in [-0.25, -0.2) is 0 Å². The molecule has 0 radical (unpaired) electrons. The number of nitrogens with one attached hydrogen (secondary N) is 1. The van der Waals surface area contributed by atoms with Crippen LogP contribution in [0.25, 0.3) is 0 Å². The molecule has 1 fully saturated rings. The topological polar surface area (TPSA) is 58.3 Å². The summed E-state index contributed by atoms with van der Waals surface area (Å²) in [7, 11) is 2.09. The lowest BCUT2D eigenvalue weighted by Gasteiger charge is -2.25. The predicted octanol–water partition coefficient (Wildman–Crippen LogP) is 3.58. The summed E-state index contributed by atoms with van der Waals surface area (Å²) in [5.41, 5.74) is 0. The summed E-state index contributed by atoms with van der Waals surface area (Å²) in [6, 6.07) is 4.57. The van der Waals surface area contributed by atoms with Crippen molar-refractivity contribution in [2.75, 3.05) is 13.6 Å². The molecule has 0 aromatic carbocycles. The van der Waals surface area contributed by atoms with E-state index in [4.69, 9.17) is 16.6 Å². The van der Waals surface area contributed by atoms with E-state index in [9.17, 15) is 0 Å².